The minimum absolute atomic E-state index is 0.238. The Hall–Kier alpha value is -1.03. The number of ether oxygens (including phenoxy) is 2. The lowest BCUT2D eigenvalue weighted by atomic mass is 10.4. The number of hydrogen-bond acceptors (Lipinski definition) is 4. The van der Waals surface area contributed by atoms with E-state index in [9.17, 15) is 4.79 Å². The van der Waals surface area contributed by atoms with E-state index in [0.717, 1.165) is 0 Å². The molecule has 1 unspecified atom stereocenters. The molecule has 0 bridgehead atoms. The summed E-state index contributed by atoms with van der Waals surface area (Å²) in [5, 5.41) is 0. The van der Waals surface area contributed by atoms with E-state index in [1.54, 1.807) is 21.0 Å². The van der Waals surface area contributed by atoms with Crippen molar-refractivity contribution >= 4 is 5.97 Å². The standard InChI is InChI=1S/C8H15NO3/c1-6(9)4-8(10)12-7(2)5-11-3/h4,7H,5,9H2,1-3H3/b6-4-. The Labute approximate surface area is 72.3 Å². The molecule has 70 valence electrons. The number of allylic oxidation sites excluding steroid dienone is 1. The molecule has 0 saturated carbocycles. The number of rotatable bonds is 4. The van der Waals surface area contributed by atoms with Gasteiger partial charge in [-0.15, -0.1) is 0 Å². The van der Waals surface area contributed by atoms with Crippen molar-refractivity contribution < 1.29 is 14.3 Å². The Kier molecular flexibility index (Phi) is 5.12. The van der Waals surface area contributed by atoms with E-state index in [0.29, 0.717) is 12.3 Å². The average molecular weight is 173 g/mol. The smallest absolute Gasteiger partial charge is 0.332 e. The lowest BCUT2D eigenvalue weighted by molar-refractivity contribution is -0.144. The molecule has 0 amide bonds. The molecule has 0 spiro atoms. The molecule has 0 aliphatic rings. The van der Waals surface area contributed by atoms with Crippen LogP contribution in [0.25, 0.3) is 0 Å². The van der Waals surface area contributed by atoms with Crippen LogP contribution in [0.1, 0.15) is 13.8 Å². The summed E-state index contributed by atoms with van der Waals surface area (Å²) in [7, 11) is 1.55. The summed E-state index contributed by atoms with van der Waals surface area (Å²) in [6.07, 6.45) is 1.00. The highest BCUT2D eigenvalue weighted by Gasteiger charge is 2.05. The second-order valence-corrected chi connectivity index (χ2v) is 2.59. The maximum absolute atomic E-state index is 10.9. The van der Waals surface area contributed by atoms with E-state index in [2.05, 4.69) is 0 Å². The zero-order chi connectivity index (χ0) is 9.56. The van der Waals surface area contributed by atoms with Gasteiger partial charge in [0, 0.05) is 18.9 Å². The van der Waals surface area contributed by atoms with E-state index >= 15 is 0 Å². The molecule has 4 heteroatoms. The zero-order valence-electron chi connectivity index (χ0n) is 7.66. The zero-order valence-corrected chi connectivity index (χ0v) is 7.66. The van der Waals surface area contributed by atoms with Gasteiger partial charge in [-0.25, -0.2) is 4.79 Å². The molecule has 2 N–H and O–H groups in total. The van der Waals surface area contributed by atoms with Gasteiger partial charge in [-0.2, -0.15) is 0 Å². The SMILES string of the molecule is COCC(C)OC(=O)/C=C(/C)N. The average Bonchev–Trinajstić information content (AvgIpc) is 1.84. The van der Waals surface area contributed by atoms with Crippen LogP contribution >= 0.6 is 0 Å². The first kappa shape index (κ1) is 11.0. The van der Waals surface area contributed by atoms with Gasteiger partial charge in [-0.3, -0.25) is 0 Å². The number of carbonyl (C=O) groups is 1. The summed E-state index contributed by atoms with van der Waals surface area (Å²) in [6.45, 7) is 3.77. The highest BCUT2D eigenvalue weighted by molar-refractivity contribution is 5.82. The number of methoxy groups -OCH3 is 1. The highest BCUT2D eigenvalue weighted by Crippen LogP contribution is 1.94. The van der Waals surface area contributed by atoms with Gasteiger partial charge >= 0.3 is 5.97 Å². The lowest BCUT2D eigenvalue weighted by Gasteiger charge is -2.09. The first-order valence-corrected chi connectivity index (χ1v) is 3.69. The molecule has 0 saturated heterocycles. The molecule has 0 aliphatic heterocycles. The summed E-state index contributed by atoms with van der Waals surface area (Å²) in [6, 6.07) is 0. The van der Waals surface area contributed by atoms with E-state index in [-0.39, 0.29) is 6.10 Å². The third kappa shape index (κ3) is 5.73. The summed E-state index contributed by atoms with van der Waals surface area (Å²) < 4.78 is 9.66. The van der Waals surface area contributed by atoms with E-state index in [1.807, 2.05) is 0 Å². The Morgan fingerprint density at radius 2 is 2.25 bits per heavy atom. The number of hydrogen-bond donors (Lipinski definition) is 1. The van der Waals surface area contributed by atoms with E-state index in [4.69, 9.17) is 15.2 Å². The fraction of sp³-hybridized carbons (Fsp3) is 0.625. The molecular formula is C8H15NO3. The molecule has 0 rings (SSSR count). The minimum Gasteiger partial charge on any atom is -0.457 e. The third-order valence-electron chi connectivity index (χ3n) is 1.06. The predicted molar refractivity (Wildman–Crippen MR) is 45.4 cm³/mol. The largest absolute Gasteiger partial charge is 0.457 e. The molecular weight excluding hydrogens is 158 g/mol. The molecule has 0 aliphatic carbocycles. The van der Waals surface area contributed by atoms with Gasteiger partial charge in [-0.1, -0.05) is 0 Å². The van der Waals surface area contributed by atoms with E-state index < -0.39 is 5.97 Å². The topological polar surface area (TPSA) is 61.5 Å². The van der Waals surface area contributed by atoms with Crippen molar-refractivity contribution in [1.29, 1.82) is 0 Å². The maximum atomic E-state index is 10.9. The van der Waals surface area contributed by atoms with Gasteiger partial charge in [-0.05, 0) is 13.8 Å². The number of esters is 1. The quantitative estimate of drug-likeness (QED) is 0.494. The van der Waals surface area contributed by atoms with Crippen LogP contribution in [0.3, 0.4) is 0 Å². The Morgan fingerprint density at radius 1 is 1.67 bits per heavy atom. The van der Waals surface area contributed by atoms with E-state index in [1.165, 1.54) is 6.08 Å². The Bertz CT molecular complexity index is 173. The Balaban J connectivity index is 3.77. The molecule has 0 aromatic heterocycles. The van der Waals surface area contributed by atoms with Gasteiger partial charge < -0.3 is 15.2 Å². The highest BCUT2D eigenvalue weighted by atomic mass is 16.6. The van der Waals surface area contributed by atoms with Crippen LogP contribution in [0.2, 0.25) is 0 Å². The fourth-order valence-electron chi connectivity index (χ4n) is 0.687. The molecule has 4 nitrogen and oxygen atoms in total. The molecule has 0 heterocycles. The summed E-state index contributed by atoms with van der Waals surface area (Å²) in [5.74, 6) is -0.431. The van der Waals surface area contributed by atoms with Crippen molar-refractivity contribution in [3.8, 4) is 0 Å². The maximum Gasteiger partial charge on any atom is 0.332 e. The Morgan fingerprint density at radius 3 is 2.67 bits per heavy atom. The second-order valence-electron chi connectivity index (χ2n) is 2.59. The van der Waals surface area contributed by atoms with Crippen molar-refractivity contribution in [2.24, 2.45) is 5.73 Å². The van der Waals surface area contributed by atoms with Gasteiger partial charge in [0.25, 0.3) is 0 Å². The summed E-state index contributed by atoms with van der Waals surface area (Å²) >= 11 is 0. The summed E-state index contributed by atoms with van der Waals surface area (Å²) in [5.41, 5.74) is 5.71. The number of carbonyl (C=O) groups excluding carboxylic acids is 1. The normalized spacial score (nSPS) is 14.1. The summed E-state index contributed by atoms with van der Waals surface area (Å²) in [4.78, 5) is 10.9. The molecule has 12 heavy (non-hydrogen) atoms. The van der Waals surface area contributed by atoms with Gasteiger partial charge in [0.05, 0.1) is 6.61 Å². The van der Waals surface area contributed by atoms with Crippen LogP contribution in [-0.2, 0) is 14.3 Å². The van der Waals surface area contributed by atoms with Crippen molar-refractivity contribution in [3.63, 3.8) is 0 Å². The van der Waals surface area contributed by atoms with Crippen LogP contribution in [-0.4, -0.2) is 25.8 Å². The second kappa shape index (κ2) is 5.60. The lowest BCUT2D eigenvalue weighted by Crippen LogP contribution is -2.18. The first-order chi connectivity index (χ1) is 5.56. The van der Waals surface area contributed by atoms with Crippen molar-refractivity contribution in [1.82, 2.24) is 0 Å². The molecule has 0 radical (unpaired) electrons. The van der Waals surface area contributed by atoms with Crippen LogP contribution < -0.4 is 5.73 Å². The molecule has 1 atom stereocenters. The van der Waals surface area contributed by atoms with Crippen molar-refractivity contribution in [2.75, 3.05) is 13.7 Å². The fourth-order valence-corrected chi connectivity index (χ4v) is 0.687. The monoisotopic (exact) mass is 173 g/mol. The van der Waals surface area contributed by atoms with Crippen LogP contribution in [0.5, 0.6) is 0 Å². The molecule has 0 fully saturated rings. The predicted octanol–water partition coefficient (Wildman–Crippen LogP) is 0.427. The van der Waals surface area contributed by atoms with Gasteiger partial charge in [0.2, 0.25) is 0 Å². The third-order valence-corrected chi connectivity index (χ3v) is 1.06. The van der Waals surface area contributed by atoms with Crippen LogP contribution in [0, 0.1) is 0 Å². The van der Waals surface area contributed by atoms with Crippen molar-refractivity contribution in [2.45, 2.75) is 20.0 Å². The van der Waals surface area contributed by atoms with Crippen molar-refractivity contribution in [3.05, 3.63) is 11.8 Å². The van der Waals surface area contributed by atoms with Crippen LogP contribution in [0.4, 0.5) is 0 Å². The molecule has 0 aromatic carbocycles. The minimum atomic E-state index is -0.431. The first-order valence-electron chi connectivity index (χ1n) is 3.69. The van der Waals surface area contributed by atoms with Gasteiger partial charge in [0.1, 0.15) is 6.10 Å². The van der Waals surface area contributed by atoms with Crippen LogP contribution in [0.15, 0.2) is 11.8 Å². The van der Waals surface area contributed by atoms with Gasteiger partial charge in [0.15, 0.2) is 0 Å². The number of nitrogens with two attached hydrogens (primary N) is 1. The molecule has 0 aromatic rings.